The van der Waals surface area contributed by atoms with Gasteiger partial charge < -0.3 is 4.98 Å². The molecule has 1 amide bonds. The van der Waals surface area contributed by atoms with E-state index >= 15 is 0 Å². The van der Waals surface area contributed by atoms with E-state index in [1.807, 2.05) is 55.5 Å². The summed E-state index contributed by atoms with van der Waals surface area (Å²) in [6.45, 7) is 1.94. The summed E-state index contributed by atoms with van der Waals surface area (Å²) in [6.07, 6.45) is 1.76. The molecule has 0 aliphatic heterocycles. The van der Waals surface area contributed by atoms with E-state index in [-0.39, 0.29) is 23.7 Å². The maximum Gasteiger partial charge on any atom is 0.247 e. The SMILES string of the molecule is Cc1cnc(-c2ccc(C3C(C(=O)NO)C3c3ccccc3)cc2Cl)[nH]1. The number of rotatable bonds is 4. The third-order valence-electron chi connectivity index (χ3n) is 4.95. The van der Waals surface area contributed by atoms with Gasteiger partial charge in [-0.25, -0.2) is 10.5 Å². The fraction of sp³-hybridized carbons (Fsp3) is 0.200. The number of amides is 1. The number of aromatic nitrogens is 2. The van der Waals surface area contributed by atoms with Crippen molar-refractivity contribution in [2.24, 2.45) is 5.92 Å². The molecule has 3 aromatic rings. The van der Waals surface area contributed by atoms with Gasteiger partial charge in [0.05, 0.1) is 10.9 Å². The number of carbonyl (C=O) groups is 1. The molecule has 2 aromatic carbocycles. The molecule has 1 aliphatic rings. The maximum absolute atomic E-state index is 12.1. The minimum atomic E-state index is -0.370. The highest BCUT2D eigenvalue weighted by Gasteiger charge is 2.56. The Bertz CT molecular complexity index is 955. The van der Waals surface area contributed by atoms with Crippen LogP contribution in [0.4, 0.5) is 0 Å². The zero-order valence-corrected chi connectivity index (χ0v) is 14.9. The van der Waals surface area contributed by atoms with Crippen LogP contribution in [-0.4, -0.2) is 21.1 Å². The van der Waals surface area contributed by atoms with Crippen LogP contribution in [0, 0.1) is 12.8 Å². The Morgan fingerprint density at radius 1 is 1.15 bits per heavy atom. The highest BCUT2D eigenvalue weighted by atomic mass is 35.5. The topological polar surface area (TPSA) is 78.0 Å². The largest absolute Gasteiger partial charge is 0.342 e. The average molecular weight is 368 g/mol. The maximum atomic E-state index is 12.1. The standard InChI is InChI=1S/C20H18ClN3O2/c1-11-10-22-19(23-11)14-8-7-13(9-15(14)21)17-16(18(17)20(25)24-26)12-5-3-2-4-6-12/h2-10,16-18,26H,1H3,(H,22,23)(H,24,25). The quantitative estimate of drug-likeness (QED) is 0.481. The number of aryl methyl sites for hydroxylation is 1. The van der Waals surface area contributed by atoms with Gasteiger partial charge >= 0.3 is 0 Å². The second kappa shape index (κ2) is 6.59. The molecule has 1 fully saturated rings. The lowest BCUT2D eigenvalue weighted by Crippen LogP contribution is -2.21. The lowest BCUT2D eigenvalue weighted by molar-refractivity contribution is -0.130. The number of benzene rings is 2. The van der Waals surface area contributed by atoms with Crippen LogP contribution in [0.1, 0.15) is 28.7 Å². The molecule has 6 heteroatoms. The molecule has 0 bridgehead atoms. The highest BCUT2D eigenvalue weighted by Crippen LogP contribution is 2.60. The first-order valence-electron chi connectivity index (χ1n) is 8.40. The summed E-state index contributed by atoms with van der Waals surface area (Å²) >= 11 is 6.49. The second-order valence-electron chi connectivity index (χ2n) is 6.62. The Morgan fingerprint density at radius 2 is 1.88 bits per heavy atom. The molecule has 1 aliphatic carbocycles. The van der Waals surface area contributed by atoms with E-state index in [0.717, 1.165) is 28.2 Å². The predicted octanol–water partition coefficient (Wildman–Crippen LogP) is 4.04. The first-order valence-corrected chi connectivity index (χ1v) is 8.78. The Labute approximate surface area is 156 Å². The second-order valence-corrected chi connectivity index (χ2v) is 7.03. The van der Waals surface area contributed by atoms with Gasteiger partial charge in [0, 0.05) is 29.3 Å². The van der Waals surface area contributed by atoms with Crippen molar-refractivity contribution in [3.63, 3.8) is 0 Å². The molecule has 5 nitrogen and oxygen atoms in total. The molecule has 3 unspecified atom stereocenters. The van der Waals surface area contributed by atoms with Crippen molar-refractivity contribution in [1.29, 1.82) is 0 Å². The summed E-state index contributed by atoms with van der Waals surface area (Å²) < 4.78 is 0. The zero-order valence-electron chi connectivity index (χ0n) is 14.1. The van der Waals surface area contributed by atoms with E-state index in [4.69, 9.17) is 16.8 Å². The van der Waals surface area contributed by atoms with Crippen molar-refractivity contribution in [1.82, 2.24) is 15.4 Å². The molecule has 4 rings (SSSR count). The van der Waals surface area contributed by atoms with Crippen LogP contribution in [-0.2, 0) is 4.79 Å². The lowest BCUT2D eigenvalue weighted by Gasteiger charge is -2.06. The number of hydrogen-bond acceptors (Lipinski definition) is 3. The van der Waals surface area contributed by atoms with E-state index in [0.29, 0.717) is 5.02 Å². The summed E-state index contributed by atoms with van der Waals surface area (Å²) in [5.41, 5.74) is 5.63. The highest BCUT2D eigenvalue weighted by molar-refractivity contribution is 6.33. The number of aromatic amines is 1. The minimum Gasteiger partial charge on any atom is -0.342 e. The molecular weight excluding hydrogens is 350 g/mol. The number of nitrogens with zero attached hydrogens (tertiary/aromatic N) is 1. The van der Waals surface area contributed by atoms with Gasteiger partial charge in [-0.2, -0.15) is 0 Å². The van der Waals surface area contributed by atoms with Crippen LogP contribution < -0.4 is 5.48 Å². The van der Waals surface area contributed by atoms with E-state index in [1.54, 1.807) is 11.7 Å². The fourth-order valence-corrected chi connectivity index (χ4v) is 3.98. The van der Waals surface area contributed by atoms with E-state index in [2.05, 4.69) is 9.97 Å². The van der Waals surface area contributed by atoms with Crippen molar-refractivity contribution >= 4 is 17.5 Å². The third kappa shape index (κ3) is 2.89. The third-order valence-corrected chi connectivity index (χ3v) is 5.27. The van der Waals surface area contributed by atoms with Crippen LogP contribution in [0.3, 0.4) is 0 Å². The first-order chi connectivity index (χ1) is 12.6. The number of hydroxylamine groups is 1. The summed E-state index contributed by atoms with van der Waals surface area (Å²) in [5.74, 6) is 0.0468. The molecular formula is C20H18ClN3O2. The molecule has 26 heavy (non-hydrogen) atoms. The molecule has 0 radical (unpaired) electrons. The smallest absolute Gasteiger partial charge is 0.247 e. The molecule has 132 valence electrons. The van der Waals surface area contributed by atoms with Gasteiger partial charge in [-0.3, -0.25) is 10.0 Å². The molecule has 1 aromatic heterocycles. The summed E-state index contributed by atoms with van der Waals surface area (Å²) in [6, 6.07) is 15.6. The van der Waals surface area contributed by atoms with Gasteiger partial charge in [0.2, 0.25) is 5.91 Å². The lowest BCUT2D eigenvalue weighted by atomic mass is 10.0. The van der Waals surface area contributed by atoms with Gasteiger partial charge in [0.1, 0.15) is 5.82 Å². The zero-order chi connectivity index (χ0) is 18.3. The molecule has 0 spiro atoms. The summed E-state index contributed by atoms with van der Waals surface area (Å²) in [5, 5.41) is 9.67. The molecule has 3 N–H and O–H groups in total. The van der Waals surface area contributed by atoms with Crippen molar-refractivity contribution < 1.29 is 10.0 Å². The van der Waals surface area contributed by atoms with Crippen LogP contribution in [0.2, 0.25) is 5.02 Å². The molecule has 1 saturated carbocycles. The Balaban J connectivity index is 1.67. The first kappa shape index (κ1) is 16.8. The predicted molar refractivity (Wildman–Crippen MR) is 99.1 cm³/mol. The number of carbonyl (C=O) groups excluding carboxylic acids is 1. The Morgan fingerprint density at radius 3 is 2.50 bits per heavy atom. The molecule has 0 saturated heterocycles. The van der Waals surface area contributed by atoms with E-state index < -0.39 is 0 Å². The Hall–Kier alpha value is -2.63. The van der Waals surface area contributed by atoms with Gasteiger partial charge in [-0.15, -0.1) is 0 Å². The number of H-pyrrole nitrogens is 1. The van der Waals surface area contributed by atoms with E-state index in [1.165, 1.54) is 0 Å². The van der Waals surface area contributed by atoms with Gasteiger partial charge in [-0.1, -0.05) is 48.0 Å². The molecule has 1 heterocycles. The summed E-state index contributed by atoms with van der Waals surface area (Å²) in [4.78, 5) is 19.6. The normalized spacial score (nSPS) is 21.4. The molecule has 3 atom stereocenters. The van der Waals surface area contributed by atoms with Crippen LogP contribution >= 0.6 is 11.6 Å². The number of imidazole rings is 1. The summed E-state index contributed by atoms with van der Waals surface area (Å²) in [7, 11) is 0. The van der Waals surface area contributed by atoms with Gasteiger partial charge in [-0.05, 0) is 30.2 Å². The number of halogens is 1. The van der Waals surface area contributed by atoms with Gasteiger partial charge in [0.25, 0.3) is 0 Å². The van der Waals surface area contributed by atoms with Crippen LogP contribution in [0.15, 0.2) is 54.7 Å². The minimum absolute atomic E-state index is 0.0190. The van der Waals surface area contributed by atoms with Crippen LogP contribution in [0.5, 0.6) is 0 Å². The van der Waals surface area contributed by atoms with Gasteiger partial charge in [0.15, 0.2) is 0 Å². The van der Waals surface area contributed by atoms with Crippen molar-refractivity contribution in [3.8, 4) is 11.4 Å². The Kier molecular flexibility index (Phi) is 4.26. The van der Waals surface area contributed by atoms with Crippen molar-refractivity contribution in [2.45, 2.75) is 18.8 Å². The van der Waals surface area contributed by atoms with Crippen molar-refractivity contribution in [3.05, 3.63) is 76.6 Å². The van der Waals surface area contributed by atoms with E-state index in [9.17, 15) is 4.79 Å². The fourth-order valence-electron chi connectivity index (χ4n) is 3.70. The average Bonchev–Trinajstić information content (AvgIpc) is 3.27. The number of hydrogen-bond donors (Lipinski definition) is 3. The van der Waals surface area contributed by atoms with Crippen molar-refractivity contribution in [2.75, 3.05) is 0 Å². The van der Waals surface area contributed by atoms with Crippen LogP contribution in [0.25, 0.3) is 11.4 Å². The monoisotopic (exact) mass is 367 g/mol. The number of nitrogens with one attached hydrogen (secondary N) is 2.